The minimum Gasteiger partial charge on any atom is -0.497 e. The van der Waals surface area contributed by atoms with Gasteiger partial charge in [-0.05, 0) is 38.0 Å². The molecule has 0 unspecified atom stereocenters. The minimum atomic E-state index is -3.04. The first-order valence-electron chi connectivity index (χ1n) is 8.84. The van der Waals surface area contributed by atoms with Crippen molar-refractivity contribution < 1.29 is 23.0 Å². The normalized spacial score (nSPS) is 20.2. The predicted octanol–water partition coefficient (Wildman–Crippen LogP) is 3.40. The molecule has 2 aromatic rings. The molecule has 26 heavy (non-hydrogen) atoms. The standard InChI is InChI=1S/C19H22F2N2O3/c1-12-17(18(24)22-7-8-26-11-19(20,21)10-22)15-9-14(25-2)5-6-16(15)23(12)13-3-4-13/h5-6,9,13H,3-4,7-8,10-11H2,1-2H3. The highest BCUT2D eigenvalue weighted by atomic mass is 19.3. The van der Waals surface area contributed by atoms with Crippen molar-refractivity contribution in [3.8, 4) is 5.75 Å². The first-order valence-corrected chi connectivity index (χ1v) is 8.84. The molecule has 1 amide bonds. The average molecular weight is 364 g/mol. The Bertz CT molecular complexity index is 858. The summed E-state index contributed by atoms with van der Waals surface area (Å²) in [6.45, 7) is 0.905. The Morgan fingerprint density at radius 3 is 2.81 bits per heavy atom. The number of ether oxygens (including phenoxy) is 2. The molecule has 0 N–H and O–H groups in total. The Morgan fingerprint density at radius 1 is 1.35 bits per heavy atom. The molecule has 0 spiro atoms. The predicted molar refractivity (Wildman–Crippen MR) is 93.2 cm³/mol. The second-order valence-corrected chi connectivity index (χ2v) is 7.08. The van der Waals surface area contributed by atoms with Crippen molar-refractivity contribution in [2.24, 2.45) is 0 Å². The van der Waals surface area contributed by atoms with Gasteiger partial charge in [0.2, 0.25) is 0 Å². The zero-order valence-electron chi connectivity index (χ0n) is 14.9. The molecule has 7 heteroatoms. The van der Waals surface area contributed by atoms with E-state index in [4.69, 9.17) is 9.47 Å². The summed E-state index contributed by atoms with van der Waals surface area (Å²) in [5.74, 6) is -2.76. The summed E-state index contributed by atoms with van der Waals surface area (Å²) >= 11 is 0. The molecule has 1 aromatic carbocycles. The van der Waals surface area contributed by atoms with Gasteiger partial charge in [0, 0.05) is 29.2 Å². The summed E-state index contributed by atoms with van der Waals surface area (Å²) in [7, 11) is 1.57. The molecule has 1 saturated heterocycles. The lowest BCUT2D eigenvalue weighted by Crippen LogP contribution is -2.41. The topological polar surface area (TPSA) is 43.7 Å². The van der Waals surface area contributed by atoms with Gasteiger partial charge in [0.1, 0.15) is 12.4 Å². The monoisotopic (exact) mass is 364 g/mol. The number of hydrogen-bond acceptors (Lipinski definition) is 3. The minimum absolute atomic E-state index is 0.116. The van der Waals surface area contributed by atoms with Crippen LogP contribution < -0.4 is 4.74 Å². The van der Waals surface area contributed by atoms with E-state index in [9.17, 15) is 13.6 Å². The second kappa shape index (κ2) is 6.23. The molecule has 0 bridgehead atoms. The molecule has 4 rings (SSSR count). The highest BCUT2D eigenvalue weighted by Crippen LogP contribution is 2.42. The molecule has 140 valence electrons. The lowest BCUT2D eigenvalue weighted by molar-refractivity contribution is -0.0660. The molecule has 0 radical (unpaired) electrons. The van der Waals surface area contributed by atoms with Crippen molar-refractivity contribution >= 4 is 16.8 Å². The molecule has 2 heterocycles. The smallest absolute Gasteiger partial charge is 0.288 e. The van der Waals surface area contributed by atoms with Crippen molar-refractivity contribution in [2.75, 3.05) is 33.4 Å². The van der Waals surface area contributed by atoms with Crippen LogP contribution in [0.2, 0.25) is 0 Å². The van der Waals surface area contributed by atoms with E-state index in [1.807, 2.05) is 25.1 Å². The number of halogens is 2. The van der Waals surface area contributed by atoms with Crippen LogP contribution in [0, 0.1) is 6.92 Å². The van der Waals surface area contributed by atoms with E-state index in [0.717, 1.165) is 29.4 Å². The van der Waals surface area contributed by atoms with E-state index < -0.39 is 19.1 Å². The molecule has 0 atom stereocenters. The quantitative estimate of drug-likeness (QED) is 0.838. The molecular formula is C19H22F2N2O3. The highest BCUT2D eigenvalue weighted by Gasteiger charge is 2.38. The number of fused-ring (bicyclic) bond motifs is 1. The fraction of sp³-hybridized carbons (Fsp3) is 0.526. The zero-order valence-corrected chi connectivity index (χ0v) is 14.9. The van der Waals surface area contributed by atoms with Gasteiger partial charge in [-0.1, -0.05) is 0 Å². The van der Waals surface area contributed by atoms with Crippen LogP contribution in [-0.2, 0) is 4.74 Å². The Balaban J connectivity index is 1.81. The summed E-state index contributed by atoms with van der Waals surface area (Å²) in [6, 6.07) is 6.00. The van der Waals surface area contributed by atoms with Crippen LogP contribution in [0.3, 0.4) is 0 Å². The number of carbonyl (C=O) groups is 1. The van der Waals surface area contributed by atoms with Crippen molar-refractivity contribution in [1.29, 1.82) is 0 Å². The zero-order chi connectivity index (χ0) is 18.5. The maximum absolute atomic E-state index is 13.9. The van der Waals surface area contributed by atoms with Gasteiger partial charge in [0.05, 0.1) is 25.8 Å². The molecule has 5 nitrogen and oxygen atoms in total. The fourth-order valence-corrected chi connectivity index (χ4v) is 3.75. The number of methoxy groups -OCH3 is 1. The second-order valence-electron chi connectivity index (χ2n) is 7.08. The number of amides is 1. The third-order valence-corrected chi connectivity index (χ3v) is 5.11. The third kappa shape index (κ3) is 2.94. The Morgan fingerprint density at radius 2 is 2.12 bits per heavy atom. The molecular weight excluding hydrogens is 342 g/mol. The Hall–Kier alpha value is -2.15. The number of alkyl halides is 2. The van der Waals surface area contributed by atoms with E-state index in [1.165, 1.54) is 4.90 Å². The number of benzene rings is 1. The van der Waals surface area contributed by atoms with Gasteiger partial charge in [0.25, 0.3) is 11.8 Å². The van der Waals surface area contributed by atoms with Gasteiger partial charge in [-0.3, -0.25) is 4.79 Å². The van der Waals surface area contributed by atoms with Gasteiger partial charge >= 0.3 is 0 Å². The van der Waals surface area contributed by atoms with Crippen LogP contribution in [-0.4, -0.2) is 54.7 Å². The molecule has 2 fully saturated rings. The molecule has 1 aliphatic carbocycles. The number of hydrogen-bond donors (Lipinski definition) is 0. The van der Waals surface area contributed by atoms with Gasteiger partial charge in [-0.15, -0.1) is 0 Å². The summed E-state index contributed by atoms with van der Waals surface area (Å²) in [4.78, 5) is 14.4. The number of nitrogens with zero attached hydrogens (tertiary/aromatic N) is 2. The maximum atomic E-state index is 13.9. The van der Waals surface area contributed by atoms with Gasteiger partial charge in [0.15, 0.2) is 0 Å². The summed E-state index contributed by atoms with van der Waals surface area (Å²) in [6.07, 6.45) is 2.14. The van der Waals surface area contributed by atoms with E-state index in [2.05, 4.69) is 4.57 Å². The summed E-state index contributed by atoms with van der Waals surface area (Å²) in [5.41, 5.74) is 2.27. The van der Waals surface area contributed by atoms with Crippen LogP contribution >= 0.6 is 0 Å². The van der Waals surface area contributed by atoms with Crippen molar-refractivity contribution in [1.82, 2.24) is 9.47 Å². The molecule has 2 aliphatic rings. The third-order valence-electron chi connectivity index (χ3n) is 5.11. The van der Waals surface area contributed by atoms with Crippen LogP contribution in [0.4, 0.5) is 8.78 Å². The highest BCUT2D eigenvalue weighted by molar-refractivity contribution is 6.09. The van der Waals surface area contributed by atoms with E-state index in [0.29, 0.717) is 17.4 Å². The Kier molecular flexibility index (Phi) is 4.14. The number of aromatic nitrogens is 1. The van der Waals surface area contributed by atoms with Crippen molar-refractivity contribution in [3.63, 3.8) is 0 Å². The van der Waals surface area contributed by atoms with Crippen molar-refractivity contribution in [2.45, 2.75) is 31.7 Å². The van der Waals surface area contributed by atoms with Crippen LogP contribution in [0.1, 0.15) is 34.9 Å². The lowest BCUT2D eigenvalue weighted by Gasteiger charge is -2.23. The van der Waals surface area contributed by atoms with Gasteiger partial charge < -0.3 is 18.9 Å². The van der Waals surface area contributed by atoms with Crippen LogP contribution in [0.5, 0.6) is 5.75 Å². The molecule has 1 saturated carbocycles. The van der Waals surface area contributed by atoms with E-state index >= 15 is 0 Å². The number of rotatable bonds is 3. The van der Waals surface area contributed by atoms with Crippen LogP contribution in [0.15, 0.2) is 18.2 Å². The molecule has 1 aromatic heterocycles. The fourth-order valence-electron chi connectivity index (χ4n) is 3.75. The number of carbonyl (C=O) groups excluding carboxylic acids is 1. The van der Waals surface area contributed by atoms with Crippen LogP contribution in [0.25, 0.3) is 10.9 Å². The summed E-state index contributed by atoms with van der Waals surface area (Å²) in [5, 5.41) is 0.757. The van der Waals surface area contributed by atoms with Gasteiger partial charge in [-0.2, -0.15) is 0 Å². The Labute approximate surface area is 150 Å². The largest absolute Gasteiger partial charge is 0.497 e. The van der Waals surface area contributed by atoms with Crippen molar-refractivity contribution in [3.05, 3.63) is 29.5 Å². The maximum Gasteiger partial charge on any atom is 0.288 e. The average Bonchev–Trinajstić information content (AvgIpc) is 3.41. The molecule has 1 aliphatic heterocycles. The van der Waals surface area contributed by atoms with E-state index in [1.54, 1.807) is 7.11 Å². The first kappa shape index (κ1) is 17.3. The van der Waals surface area contributed by atoms with Gasteiger partial charge in [-0.25, -0.2) is 8.78 Å². The SMILES string of the molecule is COc1ccc2c(c1)c(C(=O)N1CCOCC(F)(F)C1)c(C)n2C1CC1. The summed E-state index contributed by atoms with van der Waals surface area (Å²) < 4.78 is 40.3. The van der Waals surface area contributed by atoms with E-state index in [-0.39, 0.29) is 19.1 Å². The lowest BCUT2D eigenvalue weighted by atomic mass is 10.1. The first-order chi connectivity index (χ1) is 12.4.